The predicted molar refractivity (Wildman–Crippen MR) is 52.0 cm³/mol. The zero-order valence-electron chi connectivity index (χ0n) is 7.69. The van der Waals surface area contributed by atoms with Gasteiger partial charge in [0.1, 0.15) is 0 Å². The van der Waals surface area contributed by atoms with Crippen LogP contribution in [0.3, 0.4) is 0 Å². The molecule has 0 aliphatic rings. The molecule has 5 heteroatoms. The summed E-state index contributed by atoms with van der Waals surface area (Å²) in [5, 5.41) is 17.4. The molecule has 2 N–H and O–H groups in total. The first-order valence-corrected chi connectivity index (χ1v) is 3.86. The average molecular weight is 208 g/mol. The molecule has 0 aliphatic heterocycles. The lowest BCUT2D eigenvalue weighted by atomic mass is 10.0. The van der Waals surface area contributed by atoms with Crippen molar-refractivity contribution in [1.29, 1.82) is 0 Å². The molecule has 0 unspecified atom stereocenters. The molecule has 0 saturated heterocycles. The molecule has 0 aliphatic carbocycles. The number of carbonyl (C=O) groups is 2. The molecule has 0 amide bonds. The number of carboxylic acids is 2. The zero-order valence-corrected chi connectivity index (χ0v) is 7.69. The lowest BCUT2D eigenvalue weighted by Crippen LogP contribution is -2.03. The third-order valence-electron chi connectivity index (χ3n) is 1.83. The molecule has 15 heavy (non-hydrogen) atoms. The number of aliphatic carboxylic acids is 2. The second kappa shape index (κ2) is 3.83. The third kappa shape index (κ3) is 1.96. The summed E-state index contributed by atoms with van der Waals surface area (Å²) in [7, 11) is 0. The highest BCUT2D eigenvalue weighted by Crippen LogP contribution is 2.25. The second-order valence-corrected chi connectivity index (χ2v) is 2.77. The Kier molecular flexibility index (Phi) is 2.75. The Bertz CT molecular complexity index is 412. The first-order valence-electron chi connectivity index (χ1n) is 3.86. The van der Waals surface area contributed by atoms with Gasteiger partial charge in [0.2, 0.25) is 0 Å². The summed E-state index contributed by atoms with van der Waals surface area (Å²) in [5.74, 6) is -2.48. The van der Waals surface area contributed by atoms with Gasteiger partial charge in [0, 0.05) is 11.1 Å². The van der Waals surface area contributed by atoms with Crippen LogP contribution in [0, 0.1) is 0 Å². The van der Waals surface area contributed by atoms with Crippen molar-refractivity contribution in [2.45, 2.75) is 0 Å². The first-order chi connectivity index (χ1) is 6.95. The fourth-order valence-corrected chi connectivity index (χ4v) is 0.995. The lowest BCUT2D eigenvalue weighted by Gasteiger charge is -2.01. The van der Waals surface area contributed by atoms with Gasteiger partial charge in [0.25, 0.3) is 0 Å². The van der Waals surface area contributed by atoms with Gasteiger partial charge in [-0.3, -0.25) is 0 Å². The van der Waals surface area contributed by atoms with Crippen molar-refractivity contribution in [3.63, 3.8) is 0 Å². The minimum absolute atomic E-state index is 0.120. The summed E-state index contributed by atoms with van der Waals surface area (Å²) < 4.78 is 4.74. The molecule has 0 aromatic carbocycles. The fraction of sp³-hybridized carbons (Fsp3) is 0. The summed E-state index contributed by atoms with van der Waals surface area (Å²) in [5.41, 5.74) is -0.230. The van der Waals surface area contributed by atoms with Crippen LogP contribution < -0.4 is 0 Å². The number of carboxylic acid groups (broad SMARTS) is 2. The molecule has 1 rings (SSSR count). The Labute approximate surface area is 84.9 Å². The van der Waals surface area contributed by atoms with Crippen molar-refractivity contribution in [2.24, 2.45) is 0 Å². The molecule has 0 atom stereocenters. The fourth-order valence-electron chi connectivity index (χ4n) is 0.995. The van der Waals surface area contributed by atoms with Crippen LogP contribution in [0.4, 0.5) is 0 Å². The van der Waals surface area contributed by atoms with Gasteiger partial charge in [0.15, 0.2) is 0 Å². The van der Waals surface area contributed by atoms with Gasteiger partial charge in [-0.05, 0) is 0 Å². The van der Waals surface area contributed by atoms with E-state index in [9.17, 15) is 9.59 Å². The summed E-state index contributed by atoms with van der Waals surface area (Å²) in [6.07, 6.45) is 2.25. The van der Waals surface area contributed by atoms with E-state index in [1.54, 1.807) is 0 Å². The minimum Gasteiger partial charge on any atom is -0.478 e. The van der Waals surface area contributed by atoms with E-state index in [-0.39, 0.29) is 22.3 Å². The van der Waals surface area contributed by atoms with E-state index in [2.05, 4.69) is 13.2 Å². The monoisotopic (exact) mass is 208 g/mol. The van der Waals surface area contributed by atoms with Crippen LogP contribution in [0.15, 0.2) is 30.1 Å². The van der Waals surface area contributed by atoms with Crippen LogP contribution in [0.25, 0.3) is 11.1 Å². The number of rotatable bonds is 4. The third-order valence-corrected chi connectivity index (χ3v) is 1.83. The van der Waals surface area contributed by atoms with Gasteiger partial charge in [-0.25, -0.2) is 9.59 Å². The van der Waals surface area contributed by atoms with Gasteiger partial charge in [-0.15, -0.1) is 0 Å². The Morgan fingerprint density at radius 2 is 1.33 bits per heavy atom. The molecule has 0 fully saturated rings. The summed E-state index contributed by atoms with van der Waals surface area (Å²) >= 11 is 0. The van der Waals surface area contributed by atoms with E-state index in [4.69, 9.17) is 14.6 Å². The quantitative estimate of drug-likeness (QED) is 0.731. The molecule has 1 aromatic heterocycles. The minimum atomic E-state index is -1.24. The molecule has 1 heterocycles. The molecule has 1 aromatic rings. The van der Waals surface area contributed by atoms with Crippen molar-refractivity contribution in [1.82, 2.24) is 0 Å². The highest BCUT2D eigenvalue weighted by atomic mass is 16.4. The van der Waals surface area contributed by atoms with E-state index in [0.29, 0.717) is 0 Å². The maximum Gasteiger partial charge on any atom is 0.335 e. The zero-order chi connectivity index (χ0) is 11.6. The molecule has 0 saturated carbocycles. The summed E-state index contributed by atoms with van der Waals surface area (Å²) in [6.45, 7) is 6.61. The SMILES string of the molecule is C=C(C(=O)O)c1cocc1C(=C)C(=O)O. The van der Waals surface area contributed by atoms with Crippen LogP contribution in [-0.4, -0.2) is 22.2 Å². The molecule has 78 valence electrons. The van der Waals surface area contributed by atoms with Crippen LogP contribution in [0.5, 0.6) is 0 Å². The van der Waals surface area contributed by atoms with E-state index in [0.717, 1.165) is 12.5 Å². The van der Waals surface area contributed by atoms with Crippen molar-refractivity contribution >= 4 is 23.1 Å². The summed E-state index contributed by atoms with van der Waals surface area (Å²) in [6, 6.07) is 0. The summed E-state index contributed by atoms with van der Waals surface area (Å²) in [4.78, 5) is 21.2. The first kappa shape index (κ1) is 10.8. The highest BCUT2D eigenvalue weighted by molar-refractivity contribution is 6.20. The number of hydrogen-bond acceptors (Lipinski definition) is 3. The second-order valence-electron chi connectivity index (χ2n) is 2.77. The highest BCUT2D eigenvalue weighted by Gasteiger charge is 2.19. The Morgan fingerprint density at radius 3 is 1.60 bits per heavy atom. The van der Waals surface area contributed by atoms with E-state index in [1.807, 2.05) is 0 Å². The Morgan fingerprint density at radius 1 is 1.00 bits per heavy atom. The van der Waals surface area contributed by atoms with Gasteiger partial charge >= 0.3 is 11.9 Å². The smallest absolute Gasteiger partial charge is 0.335 e. The lowest BCUT2D eigenvalue weighted by molar-refractivity contribution is -0.131. The van der Waals surface area contributed by atoms with Crippen molar-refractivity contribution in [2.75, 3.05) is 0 Å². The molecular formula is C10H8O5. The normalized spacial score (nSPS) is 9.60. The molecule has 0 spiro atoms. The van der Waals surface area contributed by atoms with Crippen molar-refractivity contribution in [3.8, 4) is 0 Å². The van der Waals surface area contributed by atoms with Crippen LogP contribution in [-0.2, 0) is 9.59 Å². The van der Waals surface area contributed by atoms with Crippen LogP contribution in [0.1, 0.15) is 11.1 Å². The topological polar surface area (TPSA) is 87.7 Å². The van der Waals surface area contributed by atoms with Gasteiger partial charge in [0.05, 0.1) is 23.7 Å². The average Bonchev–Trinajstić information content (AvgIpc) is 2.63. The molecule has 0 radical (unpaired) electrons. The molecular weight excluding hydrogens is 200 g/mol. The predicted octanol–water partition coefficient (Wildman–Crippen LogP) is 1.48. The Balaban J connectivity index is 3.18. The van der Waals surface area contributed by atoms with Gasteiger partial charge in [-0.2, -0.15) is 0 Å². The number of furan rings is 1. The molecule has 5 nitrogen and oxygen atoms in total. The van der Waals surface area contributed by atoms with Gasteiger partial charge in [-0.1, -0.05) is 13.2 Å². The van der Waals surface area contributed by atoms with Crippen molar-refractivity contribution < 1.29 is 24.2 Å². The Hall–Kier alpha value is -2.30. The van der Waals surface area contributed by atoms with Crippen LogP contribution in [0.2, 0.25) is 0 Å². The maximum atomic E-state index is 10.6. The van der Waals surface area contributed by atoms with Crippen LogP contribution >= 0.6 is 0 Å². The van der Waals surface area contributed by atoms with E-state index < -0.39 is 11.9 Å². The van der Waals surface area contributed by atoms with Crippen molar-refractivity contribution in [3.05, 3.63) is 36.8 Å². The maximum absolute atomic E-state index is 10.6. The van der Waals surface area contributed by atoms with Gasteiger partial charge < -0.3 is 14.6 Å². The van der Waals surface area contributed by atoms with E-state index in [1.165, 1.54) is 0 Å². The number of hydrogen-bond donors (Lipinski definition) is 2. The standard InChI is InChI=1S/C10H8O5/c1-5(9(11)12)7-3-15-4-8(7)6(2)10(13)14/h3-4H,1-2H2,(H,11,12)(H,13,14). The largest absolute Gasteiger partial charge is 0.478 e. The molecule has 0 bridgehead atoms. The van der Waals surface area contributed by atoms with E-state index >= 15 is 0 Å².